The van der Waals surface area contributed by atoms with Gasteiger partial charge in [0.05, 0.1) is 18.5 Å². The Hall–Kier alpha value is -3.33. The zero-order valence-electron chi connectivity index (χ0n) is 20.8. The normalized spacial score (nSPS) is 21.1. The second kappa shape index (κ2) is 8.71. The van der Waals surface area contributed by atoms with E-state index in [0.29, 0.717) is 42.2 Å². The van der Waals surface area contributed by atoms with Crippen LogP contribution in [0.1, 0.15) is 62.9 Å². The molecule has 2 amide bonds. The predicted molar refractivity (Wildman–Crippen MR) is 130 cm³/mol. The molecule has 3 heterocycles. The Morgan fingerprint density at radius 1 is 1.29 bits per heavy atom. The zero-order valence-corrected chi connectivity index (χ0v) is 20.8. The van der Waals surface area contributed by atoms with Gasteiger partial charge in [0.15, 0.2) is 0 Å². The summed E-state index contributed by atoms with van der Waals surface area (Å²) >= 11 is 0. The van der Waals surface area contributed by atoms with E-state index in [1.165, 1.54) is 30.5 Å². The van der Waals surface area contributed by atoms with E-state index in [0.717, 1.165) is 0 Å². The van der Waals surface area contributed by atoms with Gasteiger partial charge in [0, 0.05) is 13.1 Å². The average Bonchev–Trinajstić information content (AvgIpc) is 3.31. The van der Waals surface area contributed by atoms with Gasteiger partial charge in [0.1, 0.15) is 29.1 Å². The smallest absolute Gasteiger partial charge is 0.274 e. The minimum absolute atomic E-state index is 0.157. The largest absolute Gasteiger partial charge is 0.383 e. The molecular weight excluding hydrogens is 449 g/mol. The number of carbonyl (C=O) groups excluding carboxylic acids is 2. The number of rotatable bonds is 5. The molecule has 2 atom stereocenters. The number of fused-ring (bicyclic) bond motifs is 3. The molecule has 0 radical (unpaired) electrons. The Morgan fingerprint density at radius 2 is 1.94 bits per heavy atom. The molecule has 0 saturated carbocycles. The van der Waals surface area contributed by atoms with E-state index in [-0.39, 0.29) is 35.3 Å². The quantitative estimate of drug-likeness (QED) is 0.640. The van der Waals surface area contributed by atoms with Gasteiger partial charge in [0.25, 0.3) is 11.8 Å². The van der Waals surface area contributed by atoms with Crippen LogP contribution in [0.2, 0.25) is 0 Å². The van der Waals surface area contributed by atoms with Gasteiger partial charge in [0.2, 0.25) is 0 Å². The van der Waals surface area contributed by atoms with Crippen molar-refractivity contribution in [2.45, 2.75) is 52.8 Å². The number of hydrogen-bond acceptors (Lipinski definition) is 5. The molecule has 35 heavy (non-hydrogen) atoms. The molecule has 2 N–H and O–H groups in total. The molecule has 2 unspecified atom stereocenters. The van der Waals surface area contributed by atoms with Gasteiger partial charge in [-0.25, -0.2) is 9.37 Å². The molecule has 0 bridgehead atoms. The number of imidazole rings is 1. The first-order chi connectivity index (χ1) is 16.3. The number of benzene rings is 1. The molecule has 8 nitrogen and oxygen atoms in total. The lowest BCUT2D eigenvalue weighted by molar-refractivity contribution is -0.147. The standard InChI is InChI=1S/C26H32FN5O3/c1-16(12-19(28)17-6-8-18(27)9-7-17)22-29-14-20-23(34)31-11-10-30(15-26(31,5)32(20)22)24(35)21(33)13-25(2,3)4/h6-9,12,14,21,28,33H,10-11,13,15H2,1-5H3. The summed E-state index contributed by atoms with van der Waals surface area (Å²) in [6.07, 6.45) is 2.40. The van der Waals surface area contributed by atoms with Crippen LogP contribution in [0.4, 0.5) is 4.39 Å². The van der Waals surface area contributed by atoms with E-state index < -0.39 is 11.8 Å². The summed E-state index contributed by atoms with van der Waals surface area (Å²) < 4.78 is 15.1. The first-order valence-electron chi connectivity index (χ1n) is 11.7. The second-order valence-electron chi connectivity index (χ2n) is 10.8. The van der Waals surface area contributed by atoms with E-state index in [2.05, 4.69) is 4.98 Å². The molecular formula is C26H32FN5O3. The van der Waals surface area contributed by atoms with Crippen LogP contribution in [-0.4, -0.2) is 67.7 Å². The van der Waals surface area contributed by atoms with E-state index in [1.807, 2.05) is 39.2 Å². The molecule has 186 valence electrons. The highest BCUT2D eigenvalue weighted by Gasteiger charge is 2.52. The van der Waals surface area contributed by atoms with E-state index in [1.54, 1.807) is 15.9 Å². The van der Waals surface area contributed by atoms with Crippen molar-refractivity contribution < 1.29 is 19.1 Å². The fourth-order valence-corrected chi connectivity index (χ4v) is 4.97. The third-order valence-corrected chi connectivity index (χ3v) is 6.64. The van der Waals surface area contributed by atoms with Crippen molar-refractivity contribution in [3.8, 4) is 0 Å². The first-order valence-corrected chi connectivity index (χ1v) is 11.7. The molecule has 1 aromatic carbocycles. The van der Waals surface area contributed by atoms with Crippen molar-refractivity contribution in [1.82, 2.24) is 19.4 Å². The van der Waals surface area contributed by atoms with Crippen LogP contribution in [0.25, 0.3) is 5.57 Å². The highest BCUT2D eigenvalue weighted by Crippen LogP contribution is 2.39. The molecule has 0 spiro atoms. The lowest BCUT2D eigenvalue weighted by Gasteiger charge is -2.46. The summed E-state index contributed by atoms with van der Waals surface area (Å²) in [5.41, 5.74) is 0.764. The topological polar surface area (TPSA) is 103 Å². The minimum Gasteiger partial charge on any atom is -0.383 e. The van der Waals surface area contributed by atoms with Crippen LogP contribution in [0.5, 0.6) is 0 Å². The summed E-state index contributed by atoms with van der Waals surface area (Å²) in [6, 6.07) is 5.69. The number of aliphatic hydroxyl groups excluding tert-OH is 1. The van der Waals surface area contributed by atoms with Gasteiger partial charge in [-0.15, -0.1) is 0 Å². The molecule has 1 saturated heterocycles. The number of allylic oxidation sites excluding steroid dienone is 2. The maximum Gasteiger partial charge on any atom is 0.274 e. The number of nitrogens with one attached hydrogen (secondary N) is 1. The van der Waals surface area contributed by atoms with Crippen LogP contribution in [0, 0.1) is 16.6 Å². The zero-order chi connectivity index (χ0) is 25.7. The van der Waals surface area contributed by atoms with Gasteiger partial charge in [-0.1, -0.05) is 20.8 Å². The molecule has 1 fully saturated rings. The summed E-state index contributed by atoms with van der Waals surface area (Å²) in [5.74, 6) is -0.345. The minimum atomic E-state index is -1.11. The van der Waals surface area contributed by atoms with E-state index in [4.69, 9.17) is 5.41 Å². The number of carbonyl (C=O) groups is 2. The van der Waals surface area contributed by atoms with Crippen LogP contribution in [0.3, 0.4) is 0 Å². The highest BCUT2D eigenvalue weighted by molar-refractivity contribution is 6.10. The first kappa shape index (κ1) is 24.8. The van der Waals surface area contributed by atoms with Crippen molar-refractivity contribution in [1.29, 1.82) is 5.41 Å². The van der Waals surface area contributed by atoms with Crippen molar-refractivity contribution in [2.24, 2.45) is 5.41 Å². The van der Waals surface area contributed by atoms with Crippen LogP contribution < -0.4 is 0 Å². The Balaban J connectivity index is 1.64. The maximum atomic E-state index is 13.3. The monoisotopic (exact) mass is 481 g/mol. The van der Waals surface area contributed by atoms with E-state index >= 15 is 0 Å². The lowest BCUT2D eigenvalue weighted by Crippen LogP contribution is -2.62. The van der Waals surface area contributed by atoms with Crippen molar-refractivity contribution >= 4 is 23.1 Å². The second-order valence-corrected chi connectivity index (χ2v) is 10.8. The Bertz CT molecular complexity index is 1210. The SMILES string of the molecule is CC(=CC(=N)c1ccc(F)cc1)c1ncc2n1C1(C)CN(C(=O)C(O)CC(C)(C)C)CCN1C2=O. The molecule has 9 heteroatoms. The van der Waals surface area contributed by atoms with Gasteiger partial charge in [-0.3, -0.25) is 14.2 Å². The molecule has 1 aromatic heterocycles. The summed E-state index contributed by atoms with van der Waals surface area (Å²) in [5, 5.41) is 19.0. The Morgan fingerprint density at radius 3 is 2.57 bits per heavy atom. The number of halogens is 1. The van der Waals surface area contributed by atoms with Gasteiger partial charge >= 0.3 is 0 Å². The third-order valence-electron chi connectivity index (χ3n) is 6.64. The lowest BCUT2D eigenvalue weighted by atomic mass is 9.88. The van der Waals surface area contributed by atoms with Crippen molar-refractivity contribution in [3.05, 3.63) is 59.4 Å². The van der Waals surface area contributed by atoms with Gasteiger partial charge < -0.3 is 20.3 Å². The number of piperazine rings is 1. The number of aliphatic hydroxyl groups is 1. The van der Waals surface area contributed by atoms with Crippen LogP contribution in [-0.2, 0) is 10.5 Å². The number of aromatic nitrogens is 2. The fraction of sp³-hybridized carbons (Fsp3) is 0.462. The van der Waals surface area contributed by atoms with Crippen LogP contribution >= 0.6 is 0 Å². The average molecular weight is 482 g/mol. The van der Waals surface area contributed by atoms with Crippen molar-refractivity contribution in [2.75, 3.05) is 19.6 Å². The Kier molecular flexibility index (Phi) is 6.17. The summed E-state index contributed by atoms with van der Waals surface area (Å²) in [6.45, 7) is 10.5. The number of amides is 2. The fourth-order valence-electron chi connectivity index (χ4n) is 4.97. The summed E-state index contributed by atoms with van der Waals surface area (Å²) in [7, 11) is 0. The van der Waals surface area contributed by atoms with Crippen LogP contribution in [0.15, 0.2) is 36.5 Å². The maximum absolute atomic E-state index is 13.3. The molecule has 0 aliphatic carbocycles. The number of nitrogens with zero attached hydrogens (tertiary/aromatic N) is 4. The summed E-state index contributed by atoms with van der Waals surface area (Å²) in [4.78, 5) is 34.1. The van der Waals surface area contributed by atoms with Gasteiger partial charge in [-0.05, 0) is 67.2 Å². The Labute approximate surface area is 204 Å². The number of hydrogen-bond donors (Lipinski definition) is 2. The van der Waals surface area contributed by atoms with E-state index in [9.17, 15) is 19.1 Å². The molecule has 4 rings (SSSR count). The molecule has 2 aliphatic heterocycles. The highest BCUT2D eigenvalue weighted by atomic mass is 19.1. The van der Waals surface area contributed by atoms with Gasteiger partial charge in [-0.2, -0.15) is 0 Å². The third kappa shape index (κ3) is 4.52. The predicted octanol–water partition coefficient (Wildman–Crippen LogP) is 3.26. The molecule has 2 aliphatic rings. The van der Waals surface area contributed by atoms with Crippen molar-refractivity contribution in [3.63, 3.8) is 0 Å². The molecule has 2 aromatic rings.